The molecular weight excluding hydrogens is 182 g/mol. The molecule has 0 atom stereocenters. The normalized spacial score (nSPS) is 11.1. The number of rotatable bonds is 2. The molecule has 1 heterocycles. The maximum absolute atomic E-state index is 11.3. The maximum atomic E-state index is 11.3. The van der Waals surface area contributed by atoms with Gasteiger partial charge in [-0.15, -0.1) is 0 Å². The van der Waals surface area contributed by atoms with Gasteiger partial charge < -0.3 is 0 Å². The van der Waals surface area contributed by atoms with E-state index in [2.05, 4.69) is 15.4 Å². The highest BCUT2D eigenvalue weighted by Crippen LogP contribution is 2.03. The number of carbonyl (C=O) groups is 1. The molecule has 14 heavy (non-hydrogen) atoms. The Morgan fingerprint density at radius 2 is 1.93 bits per heavy atom. The van der Waals surface area contributed by atoms with Gasteiger partial charge in [-0.25, -0.2) is 15.4 Å². The monoisotopic (exact) mass is 195 g/mol. The van der Waals surface area contributed by atoms with Crippen LogP contribution in [0.3, 0.4) is 0 Å². The van der Waals surface area contributed by atoms with Crippen LogP contribution < -0.4 is 5.48 Å². The average Bonchev–Trinajstić information content (AvgIpc) is 2.14. The fourth-order valence-electron chi connectivity index (χ4n) is 0.661. The number of hydrogen-bond acceptors (Lipinski definition) is 4. The van der Waals surface area contributed by atoms with Gasteiger partial charge in [0.2, 0.25) is 5.82 Å². The molecule has 0 aliphatic rings. The SMILES string of the molecule is CC(C)(C)ONC(=O)c1ncccn1. The van der Waals surface area contributed by atoms with Crippen molar-refractivity contribution in [2.24, 2.45) is 0 Å². The van der Waals surface area contributed by atoms with Crippen LogP contribution in [0.25, 0.3) is 0 Å². The molecule has 0 saturated carbocycles. The standard InChI is InChI=1S/C9H13N3O2/c1-9(2,3)14-12-8(13)7-10-5-4-6-11-7/h4-6H,1-3H3,(H,12,13). The van der Waals surface area contributed by atoms with Crippen LogP contribution in [0.5, 0.6) is 0 Å². The Morgan fingerprint density at radius 3 is 2.43 bits per heavy atom. The Balaban J connectivity index is 2.52. The number of nitrogens with one attached hydrogen (secondary N) is 1. The maximum Gasteiger partial charge on any atom is 0.312 e. The van der Waals surface area contributed by atoms with E-state index in [1.165, 1.54) is 12.4 Å². The number of nitrogens with zero attached hydrogens (tertiary/aromatic N) is 2. The number of carbonyl (C=O) groups excluding carboxylic acids is 1. The minimum absolute atomic E-state index is 0.0942. The highest BCUT2D eigenvalue weighted by Gasteiger charge is 2.14. The smallest absolute Gasteiger partial charge is 0.268 e. The molecule has 0 aromatic carbocycles. The molecule has 1 aromatic heterocycles. The predicted octanol–water partition coefficient (Wildman–Crippen LogP) is 0.937. The first kappa shape index (κ1) is 10.6. The van der Waals surface area contributed by atoms with E-state index < -0.39 is 11.5 Å². The van der Waals surface area contributed by atoms with Crippen LogP contribution in [0.15, 0.2) is 18.5 Å². The largest absolute Gasteiger partial charge is 0.312 e. The number of hydrogen-bond donors (Lipinski definition) is 1. The average molecular weight is 195 g/mol. The fourth-order valence-corrected chi connectivity index (χ4v) is 0.661. The Kier molecular flexibility index (Phi) is 3.14. The third-order valence-electron chi connectivity index (χ3n) is 1.22. The molecule has 0 aliphatic carbocycles. The van der Waals surface area contributed by atoms with Gasteiger partial charge in [-0.3, -0.25) is 9.63 Å². The zero-order chi connectivity index (χ0) is 10.6. The minimum Gasteiger partial charge on any atom is -0.268 e. The van der Waals surface area contributed by atoms with Gasteiger partial charge in [0.25, 0.3) is 0 Å². The van der Waals surface area contributed by atoms with Crippen LogP contribution in [-0.2, 0) is 4.84 Å². The second kappa shape index (κ2) is 4.15. The van der Waals surface area contributed by atoms with E-state index in [-0.39, 0.29) is 5.82 Å². The van der Waals surface area contributed by atoms with Crippen molar-refractivity contribution >= 4 is 5.91 Å². The second-order valence-electron chi connectivity index (χ2n) is 3.72. The molecule has 1 N–H and O–H groups in total. The minimum atomic E-state index is -0.444. The van der Waals surface area contributed by atoms with E-state index in [0.717, 1.165) is 0 Å². The topological polar surface area (TPSA) is 64.1 Å². The molecule has 0 saturated heterocycles. The van der Waals surface area contributed by atoms with Crippen LogP contribution in [0.2, 0.25) is 0 Å². The Hall–Kier alpha value is -1.49. The van der Waals surface area contributed by atoms with E-state index >= 15 is 0 Å². The first-order valence-electron chi connectivity index (χ1n) is 4.24. The molecule has 76 valence electrons. The number of aromatic nitrogens is 2. The summed E-state index contributed by atoms with van der Waals surface area (Å²) in [6, 6.07) is 1.64. The fraction of sp³-hybridized carbons (Fsp3) is 0.444. The van der Waals surface area contributed by atoms with Crippen molar-refractivity contribution in [1.29, 1.82) is 0 Å². The zero-order valence-corrected chi connectivity index (χ0v) is 8.44. The number of hydroxylamine groups is 1. The van der Waals surface area contributed by atoms with Crippen molar-refractivity contribution < 1.29 is 9.63 Å². The molecule has 1 amide bonds. The van der Waals surface area contributed by atoms with Gasteiger partial charge in [0.05, 0.1) is 5.60 Å². The lowest BCUT2D eigenvalue weighted by atomic mass is 10.2. The zero-order valence-electron chi connectivity index (χ0n) is 8.44. The highest BCUT2D eigenvalue weighted by atomic mass is 16.7. The molecule has 5 nitrogen and oxygen atoms in total. The van der Waals surface area contributed by atoms with Crippen LogP contribution in [0.1, 0.15) is 31.4 Å². The number of amides is 1. The van der Waals surface area contributed by atoms with Gasteiger partial charge >= 0.3 is 5.91 Å². The molecule has 0 spiro atoms. The van der Waals surface area contributed by atoms with Gasteiger partial charge in [-0.05, 0) is 26.8 Å². The van der Waals surface area contributed by atoms with Crippen LogP contribution in [-0.4, -0.2) is 21.5 Å². The van der Waals surface area contributed by atoms with Crippen molar-refractivity contribution in [3.8, 4) is 0 Å². The molecule has 5 heteroatoms. The van der Waals surface area contributed by atoms with Gasteiger partial charge in [-0.2, -0.15) is 0 Å². The van der Waals surface area contributed by atoms with Gasteiger partial charge in [0.15, 0.2) is 0 Å². The highest BCUT2D eigenvalue weighted by molar-refractivity contribution is 5.89. The second-order valence-corrected chi connectivity index (χ2v) is 3.72. The molecule has 0 fully saturated rings. The first-order valence-corrected chi connectivity index (χ1v) is 4.24. The van der Waals surface area contributed by atoms with Crippen molar-refractivity contribution in [3.05, 3.63) is 24.3 Å². The molecule has 0 aliphatic heterocycles. The Labute approximate surface area is 82.5 Å². The summed E-state index contributed by atoms with van der Waals surface area (Å²) in [5.41, 5.74) is 1.85. The van der Waals surface area contributed by atoms with Crippen LogP contribution in [0.4, 0.5) is 0 Å². The van der Waals surface area contributed by atoms with Crippen molar-refractivity contribution in [3.63, 3.8) is 0 Å². The molecule has 1 aromatic rings. The van der Waals surface area contributed by atoms with Crippen molar-refractivity contribution in [1.82, 2.24) is 15.4 Å². The summed E-state index contributed by atoms with van der Waals surface area (Å²) < 4.78 is 0. The summed E-state index contributed by atoms with van der Waals surface area (Å²) in [7, 11) is 0. The van der Waals surface area contributed by atoms with Gasteiger partial charge in [0.1, 0.15) is 0 Å². The van der Waals surface area contributed by atoms with Gasteiger partial charge in [-0.1, -0.05) is 0 Å². The quantitative estimate of drug-likeness (QED) is 0.713. The Bertz CT molecular complexity index is 306. The summed E-state index contributed by atoms with van der Waals surface area (Å²) in [5.74, 6) is -0.350. The van der Waals surface area contributed by atoms with E-state index in [9.17, 15) is 4.79 Å². The molecule has 0 radical (unpaired) electrons. The van der Waals surface area contributed by atoms with Crippen molar-refractivity contribution in [2.45, 2.75) is 26.4 Å². The predicted molar refractivity (Wildman–Crippen MR) is 50.3 cm³/mol. The third kappa shape index (κ3) is 3.49. The summed E-state index contributed by atoms with van der Waals surface area (Å²) in [6.45, 7) is 5.50. The Morgan fingerprint density at radius 1 is 1.36 bits per heavy atom. The molecule has 1 rings (SSSR count). The first-order chi connectivity index (χ1) is 6.49. The lowest BCUT2D eigenvalue weighted by Crippen LogP contribution is -2.34. The molecule has 0 unspecified atom stereocenters. The van der Waals surface area contributed by atoms with E-state index in [1.807, 2.05) is 20.8 Å². The molecular formula is C9H13N3O2. The lowest BCUT2D eigenvalue weighted by molar-refractivity contribution is -0.0593. The summed E-state index contributed by atoms with van der Waals surface area (Å²) in [4.78, 5) is 23.9. The van der Waals surface area contributed by atoms with E-state index in [1.54, 1.807) is 6.07 Å². The van der Waals surface area contributed by atoms with E-state index in [4.69, 9.17) is 4.84 Å². The van der Waals surface area contributed by atoms with Crippen molar-refractivity contribution in [2.75, 3.05) is 0 Å². The third-order valence-corrected chi connectivity index (χ3v) is 1.22. The van der Waals surface area contributed by atoms with Crippen LogP contribution >= 0.6 is 0 Å². The van der Waals surface area contributed by atoms with E-state index in [0.29, 0.717) is 0 Å². The summed E-state index contributed by atoms with van der Waals surface area (Å²) in [6.07, 6.45) is 3.00. The summed E-state index contributed by atoms with van der Waals surface area (Å²) in [5, 5.41) is 0. The van der Waals surface area contributed by atoms with Crippen LogP contribution in [0, 0.1) is 0 Å². The van der Waals surface area contributed by atoms with Gasteiger partial charge in [0, 0.05) is 12.4 Å². The lowest BCUT2D eigenvalue weighted by Gasteiger charge is -2.18. The molecule has 0 bridgehead atoms. The summed E-state index contributed by atoms with van der Waals surface area (Å²) >= 11 is 0.